The van der Waals surface area contributed by atoms with Crippen molar-refractivity contribution in [1.82, 2.24) is 19.6 Å². The first-order valence-electron chi connectivity index (χ1n) is 5.36. The van der Waals surface area contributed by atoms with Crippen LogP contribution in [0.1, 0.15) is 16.2 Å². The highest BCUT2D eigenvalue weighted by atomic mass is 16.4. The van der Waals surface area contributed by atoms with E-state index in [1.165, 1.54) is 12.1 Å². The highest BCUT2D eigenvalue weighted by molar-refractivity contribution is 5.84. The van der Waals surface area contributed by atoms with E-state index in [2.05, 4.69) is 10.2 Å². The highest BCUT2D eigenvalue weighted by Gasteiger charge is 2.07. The minimum atomic E-state index is -1.15. The van der Waals surface area contributed by atoms with Crippen molar-refractivity contribution < 1.29 is 9.90 Å². The van der Waals surface area contributed by atoms with E-state index in [-0.39, 0.29) is 11.3 Å². The van der Waals surface area contributed by atoms with E-state index in [1.54, 1.807) is 17.9 Å². The molecule has 94 valence electrons. The van der Waals surface area contributed by atoms with Crippen molar-refractivity contribution in [2.24, 2.45) is 7.05 Å². The minimum Gasteiger partial charge on any atom is -0.476 e. The number of hydrogen-bond donors (Lipinski definition) is 1. The maximum atomic E-state index is 11.5. The number of aromatic nitrogens is 4. The maximum absolute atomic E-state index is 11.5. The van der Waals surface area contributed by atoms with Gasteiger partial charge in [-0.3, -0.25) is 9.48 Å². The van der Waals surface area contributed by atoms with Gasteiger partial charge >= 0.3 is 5.97 Å². The molecule has 0 unspecified atom stereocenters. The van der Waals surface area contributed by atoms with Crippen LogP contribution in [0.4, 0.5) is 0 Å². The number of aromatic carboxylic acids is 1. The van der Waals surface area contributed by atoms with Crippen LogP contribution in [-0.2, 0) is 20.0 Å². The largest absolute Gasteiger partial charge is 0.476 e. The Hall–Kier alpha value is -2.44. The maximum Gasteiger partial charge on any atom is 0.356 e. The second-order valence-electron chi connectivity index (χ2n) is 3.78. The molecule has 2 aromatic heterocycles. The molecule has 18 heavy (non-hydrogen) atoms. The SMILES string of the molecule is Cn1nccc1CCn1nc(C(=O)O)ccc1=O. The molecule has 0 fully saturated rings. The summed E-state index contributed by atoms with van der Waals surface area (Å²) in [5, 5.41) is 16.6. The Labute approximate surface area is 102 Å². The average Bonchev–Trinajstić information content (AvgIpc) is 2.73. The van der Waals surface area contributed by atoms with Gasteiger partial charge in [0.2, 0.25) is 0 Å². The third-order valence-corrected chi connectivity index (χ3v) is 2.59. The molecule has 2 aromatic rings. The number of rotatable bonds is 4. The number of nitrogens with zero attached hydrogens (tertiary/aromatic N) is 4. The van der Waals surface area contributed by atoms with Crippen LogP contribution in [0.2, 0.25) is 0 Å². The molecular formula is C11H12N4O3. The van der Waals surface area contributed by atoms with Gasteiger partial charge in [-0.25, -0.2) is 9.48 Å². The molecule has 0 aliphatic rings. The minimum absolute atomic E-state index is 0.139. The summed E-state index contributed by atoms with van der Waals surface area (Å²) in [5.41, 5.74) is 0.492. The Morgan fingerprint density at radius 2 is 2.17 bits per heavy atom. The quantitative estimate of drug-likeness (QED) is 0.817. The number of carboxylic acid groups (broad SMARTS) is 1. The third kappa shape index (κ3) is 2.45. The number of hydrogen-bond acceptors (Lipinski definition) is 4. The molecule has 0 atom stereocenters. The van der Waals surface area contributed by atoms with Gasteiger partial charge in [0.1, 0.15) is 0 Å². The van der Waals surface area contributed by atoms with E-state index in [9.17, 15) is 9.59 Å². The van der Waals surface area contributed by atoms with E-state index < -0.39 is 5.97 Å². The van der Waals surface area contributed by atoms with Gasteiger partial charge in [-0.1, -0.05) is 0 Å². The molecule has 2 heterocycles. The van der Waals surface area contributed by atoms with Crippen molar-refractivity contribution in [3.05, 3.63) is 46.1 Å². The van der Waals surface area contributed by atoms with Crippen molar-refractivity contribution in [2.45, 2.75) is 13.0 Å². The smallest absolute Gasteiger partial charge is 0.356 e. The molecule has 0 saturated heterocycles. The Morgan fingerprint density at radius 3 is 2.78 bits per heavy atom. The molecule has 1 N–H and O–H groups in total. The summed E-state index contributed by atoms with van der Waals surface area (Å²) in [6.07, 6.45) is 2.23. The molecule has 7 heteroatoms. The van der Waals surface area contributed by atoms with Gasteiger partial charge in [0, 0.05) is 31.4 Å². The monoisotopic (exact) mass is 248 g/mol. The summed E-state index contributed by atoms with van der Waals surface area (Å²) in [7, 11) is 1.80. The molecule has 0 aliphatic carbocycles. The molecule has 0 saturated carbocycles. The molecule has 0 aromatic carbocycles. The summed E-state index contributed by atoms with van der Waals surface area (Å²) in [6, 6.07) is 4.25. The van der Waals surface area contributed by atoms with Gasteiger partial charge in [-0.05, 0) is 12.1 Å². The summed E-state index contributed by atoms with van der Waals surface area (Å²) < 4.78 is 2.85. The van der Waals surface area contributed by atoms with Crippen molar-refractivity contribution in [3.63, 3.8) is 0 Å². The lowest BCUT2D eigenvalue weighted by atomic mass is 10.3. The Morgan fingerprint density at radius 1 is 1.39 bits per heavy atom. The molecule has 7 nitrogen and oxygen atoms in total. The summed E-state index contributed by atoms with van der Waals surface area (Å²) in [6.45, 7) is 0.319. The second kappa shape index (κ2) is 4.82. The van der Waals surface area contributed by atoms with Crippen LogP contribution >= 0.6 is 0 Å². The predicted molar refractivity (Wildman–Crippen MR) is 62.4 cm³/mol. The number of carbonyl (C=O) groups is 1. The van der Waals surface area contributed by atoms with Gasteiger partial charge in [0.25, 0.3) is 5.56 Å². The normalized spacial score (nSPS) is 10.5. The molecule has 0 spiro atoms. The van der Waals surface area contributed by atoms with Crippen LogP contribution in [-0.4, -0.2) is 30.6 Å². The van der Waals surface area contributed by atoms with Gasteiger partial charge in [-0.2, -0.15) is 10.2 Å². The predicted octanol–water partition coefficient (Wildman–Crippen LogP) is -0.0823. The number of aryl methyl sites for hydroxylation is 3. The van der Waals surface area contributed by atoms with Crippen molar-refractivity contribution in [2.75, 3.05) is 0 Å². The van der Waals surface area contributed by atoms with E-state index >= 15 is 0 Å². The van der Waals surface area contributed by atoms with E-state index in [4.69, 9.17) is 5.11 Å². The van der Waals surface area contributed by atoms with E-state index in [0.29, 0.717) is 13.0 Å². The Balaban J connectivity index is 2.19. The lowest BCUT2D eigenvalue weighted by molar-refractivity contribution is 0.0687. The molecule has 0 amide bonds. The van der Waals surface area contributed by atoms with E-state index in [0.717, 1.165) is 10.4 Å². The topological polar surface area (TPSA) is 90.0 Å². The lowest BCUT2D eigenvalue weighted by Crippen LogP contribution is -2.25. The van der Waals surface area contributed by atoms with Gasteiger partial charge in [-0.15, -0.1) is 0 Å². The van der Waals surface area contributed by atoms with Crippen LogP contribution < -0.4 is 5.56 Å². The van der Waals surface area contributed by atoms with Crippen LogP contribution in [0, 0.1) is 0 Å². The van der Waals surface area contributed by atoms with Crippen LogP contribution in [0.5, 0.6) is 0 Å². The fourth-order valence-corrected chi connectivity index (χ4v) is 1.59. The first-order chi connectivity index (χ1) is 8.58. The third-order valence-electron chi connectivity index (χ3n) is 2.59. The molecule has 0 bridgehead atoms. The zero-order valence-corrected chi connectivity index (χ0v) is 9.78. The molecule has 0 radical (unpaired) electrons. The molecule has 0 aliphatic heterocycles. The first kappa shape index (κ1) is 12.0. The number of carboxylic acids is 1. The zero-order valence-electron chi connectivity index (χ0n) is 9.78. The van der Waals surface area contributed by atoms with Gasteiger partial charge < -0.3 is 5.11 Å². The lowest BCUT2D eigenvalue weighted by Gasteiger charge is -2.05. The average molecular weight is 248 g/mol. The zero-order chi connectivity index (χ0) is 13.1. The Kier molecular flexibility index (Phi) is 3.22. The van der Waals surface area contributed by atoms with Gasteiger partial charge in [0.15, 0.2) is 5.69 Å². The van der Waals surface area contributed by atoms with Crippen molar-refractivity contribution >= 4 is 5.97 Å². The Bertz CT molecular complexity index is 629. The molecular weight excluding hydrogens is 236 g/mol. The highest BCUT2D eigenvalue weighted by Crippen LogP contribution is 1.99. The molecule has 2 rings (SSSR count). The van der Waals surface area contributed by atoms with Crippen LogP contribution in [0.3, 0.4) is 0 Å². The summed E-state index contributed by atoms with van der Waals surface area (Å²) >= 11 is 0. The first-order valence-corrected chi connectivity index (χ1v) is 5.36. The second-order valence-corrected chi connectivity index (χ2v) is 3.78. The summed E-state index contributed by atoms with van der Waals surface area (Å²) in [5.74, 6) is -1.15. The van der Waals surface area contributed by atoms with Gasteiger partial charge in [0.05, 0.1) is 6.54 Å². The van der Waals surface area contributed by atoms with E-state index in [1.807, 2.05) is 6.07 Å². The standard InChI is InChI=1S/C11H12N4O3/c1-14-8(4-6-12-14)5-7-15-10(16)3-2-9(13-15)11(17)18/h2-4,6H,5,7H2,1H3,(H,17,18). The van der Waals surface area contributed by atoms with Crippen molar-refractivity contribution in [1.29, 1.82) is 0 Å². The summed E-state index contributed by atoms with van der Waals surface area (Å²) in [4.78, 5) is 22.3. The van der Waals surface area contributed by atoms with Crippen LogP contribution in [0.25, 0.3) is 0 Å². The fraction of sp³-hybridized carbons (Fsp3) is 0.273. The van der Waals surface area contributed by atoms with Crippen molar-refractivity contribution in [3.8, 4) is 0 Å². The van der Waals surface area contributed by atoms with Crippen LogP contribution in [0.15, 0.2) is 29.2 Å². The fourth-order valence-electron chi connectivity index (χ4n) is 1.59.